The zero-order chi connectivity index (χ0) is 17.3. The Hall–Kier alpha value is -2.14. The monoisotopic (exact) mass is 325 g/mol. The number of rotatable bonds is 2. The summed E-state index contributed by atoms with van der Waals surface area (Å²) in [7, 11) is 2.15. The number of nitrogen functional groups attached to an aromatic ring is 1. The van der Waals surface area contributed by atoms with Crippen LogP contribution in [0.4, 0.5) is 11.8 Å². The number of piperazine rings is 1. The number of nitrogens with two attached hydrogens (primary N) is 1. The highest BCUT2D eigenvalue weighted by Gasteiger charge is 2.18. The van der Waals surface area contributed by atoms with E-state index in [1.165, 1.54) is 0 Å². The summed E-state index contributed by atoms with van der Waals surface area (Å²) < 4.78 is 0. The van der Waals surface area contributed by atoms with Crippen molar-refractivity contribution in [3.63, 3.8) is 0 Å². The lowest BCUT2D eigenvalue weighted by Crippen LogP contribution is -2.45. The molecule has 1 aliphatic heterocycles. The van der Waals surface area contributed by atoms with Gasteiger partial charge in [0.2, 0.25) is 5.95 Å². The predicted molar refractivity (Wildman–Crippen MR) is 102 cm³/mol. The van der Waals surface area contributed by atoms with Crippen molar-refractivity contribution >= 4 is 28.7 Å². The molecule has 0 amide bonds. The van der Waals surface area contributed by atoms with E-state index in [4.69, 9.17) is 5.73 Å². The lowest BCUT2D eigenvalue weighted by Gasteiger charge is -2.33. The second kappa shape index (κ2) is 6.40. The van der Waals surface area contributed by atoms with Crippen molar-refractivity contribution in [2.45, 2.75) is 20.8 Å². The molecule has 1 aromatic carbocycles. The Bertz CT molecular complexity index is 752. The maximum atomic E-state index is 5.97. The number of hydrogen-bond acceptors (Lipinski definition) is 5. The van der Waals surface area contributed by atoms with Crippen molar-refractivity contribution in [2.24, 2.45) is 5.41 Å². The third-order valence-corrected chi connectivity index (χ3v) is 4.30. The average molecular weight is 325 g/mol. The summed E-state index contributed by atoms with van der Waals surface area (Å²) in [5, 5.41) is 1.07. The third-order valence-electron chi connectivity index (χ3n) is 4.30. The lowest BCUT2D eigenvalue weighted by molar-refractivity contribution is 0.312. The highest BCUT2D eigenvalue weighted by Crippen LogP contribution is 2.27. The van der Waals surface area contributed by atoms with Gasteiger partial charge in [-0.05, 0) is 30.2 Å². The van der Waals surface area contributed by atoms with E-state index in [-0.39, 0.29) is 5.41 Å². The summed E-state index contributed by atoms with van der Waals surface area (Å²) >= 11 is 0. The number of fused-ring (bicyclic) bond motifs is 1. The molecule has 128 valence electrons. The van der Waals surface area contributed by atoms with Crippen LogP contribution >= 0.6 is 0 Å². The number of benzene rings is 1. The molecule has 2 aromatic rings. The molecule has 2 heterocycles. The zero-order valence-corrected chi connectivity index (χ0v) is 15.1. The molecule has 0 radical (unpaired) electrons. The summed E-state index contributed by atoms with van der Waals surface area (Å²) in [6.07, 6.45) is 4.35. The number of likely N-dealkylation sites (N-methyl/N-ethyl adjacent to an activating group) is 1. The van der Waals surface area contributed by atoms with E-state index >= 15 is 0 Å². The summed E-state index contributed by atoms with van der Waals surface area (Å²) in [6.45, 7) is 10.6. The van der Waals surface area contributed by atoms with Gasteiger partial charge < -0.3 is 15.5 Å². The molecule has 5 heteroatoms. The van der Waals surface area contributed by atoms with Gasteiger partial charge in [0.15, 0.2) is 0 Å². The van der Waals surface area contributed by atoms with Crippen LogP contribution in [0.15, 0.2) is 24.3 Å². The van der Waals surface area contributed by atoms with Crippen LogP contribution in [-0.2, 0) is 0 Å². The first-order valence-electron chi connectivity index (χ1n) is 8.52. The molecule has 3 rings (SSSR count). The fourth-order valence-electron chi connectivity index (χ4n) is 2.86. The number of anilines is 2. The highest BCUT2D eigenvalue weighted by atomic mass is 15.3. The molecule has 1 fully saturated rings. The zero-order valence-electron chi connectivity index (χ0n) is 15.1. The number of aromatic nitrogens is 2. The van der Waals surface area contributed by atoms with Gasteiger partial charge in [-0.15, -0.1) is 0 Å². The average Bonchev–Trinajstić information content (AvgIpc) is 2.52. The SMILES string of the molecule is CN1CCN(c2nc(N)nc3cc(/C=C/C(C)(C)C)ccc23)CC1. The van der Waals surface area contributed by atoms with Gasteiger partial charge in [0.25, 0.3) is 0 Å². The number of hydrogen-bond donors (Lipinski definition) is 1. The molecule has 24 heavy (non-hydrogen) atoms. The van der Waals surface area contributed by atoms with Crippen LogP contribution in [0, 0.1) is 5.41 Å². The van der Waals surface area contributed by atoms with Gasteiger partial charge in [-0.2, -0.15) is 4.98 Å². The second-order valence-electron chi connectivity index (χ2n) is 7.67. The Labute approximate surface area is 144 Å². The van der Waals surface area contributed by atoms with Crippen molar-refractivity contribution in [1.82, 2.24) is 14.9 Å². The van der Waals surface area contributed by atoms with E-state index in [1.54, 1.807) is 0 Å². The van der Waals surface area contributed by atoms with Gasteiger partial charge >= 0.3 is 0 Å². The van der Waals surface area contributed by atoms with Crippen LogP contribution in [0.25, 0.3) is 17.0 Å². The van der Waals surface area contributed by atoms with E-state index in [2.05, 4.69) is 77.9 Å². The topological polar surface area (TPSA) is 58.3 Å². The number of allylic oxidation sites excluding steroid dienone is 1. The minimum absolute atomic E-state index is 0.157. The Kier molecular flexibility index (Phi) is 4.45. The summed E-state index contributed by atoms with van der Waals surface area (Å²) in [5.74, 6) is 1.30. The fourth-order valence-corrected chi connectivity index (χ4v) is 2.86. The Balaban J connectivity index is 1.98. The molecule has 0 spiro atoms. The van der Waals surface area contributed by atoms with Crippen molar-refractivity contribution in [3.05, 3.63) is 29.8 Å². The van der Waals surface area contributed by atoms with Gasteiger partial charge in [0.05, 0.1) is 5.52 Å². The molecular weight excluding hydrogens is 298 g/mol. The van der Waals surface area contributed by atoms with Crippen LogP contribution in [0.2, 0.25) is 0 Å². The van der Waals surface area contributed by atoms with E-state index in [0.29, 0.717) is 5.95 Å². The van der Waals surface area contributed by atoms with Crippen LogP contribution in [0.3, 0.4) is 0 Å². The predicted octanol–water partition coefficient (Wildman–Crippen LogP) is 3.02. The first-order chi connectivity index (χ1) is 11.3. The Morgan fingerprint density at radius 2 is 1.79 bits per heavy atom. The molecule has 1 aromatic heterocycles. The normalized spacial score (nSPS) is 17.1. The van der Waals surface area contributed by atoms with Crippen molar-refractivity contribution < 1.29 is 0 Å². The van der Waals surface area contributed by atoms with Gasteiger partial charge in [-0.1, -0.05) is 39.0 Å². The molecule has 1 aliphatic rings. The fraction of sp³-hybridized carbons (Fsp3) is 0.474. The van der Waals surface area contributed by atoms with Gasteiger partial charge in [-0.3, -0.25) is 0 Å². The van der Waals surface area contributed by atoms with E-state index in [1.807, 2.05) is 0 Å². The largest absolute Gasteiger partial charge is 0.368 e. The van der Waals surface area contributed by atoms with Crippen LogP contribution in [-0.4, -0.2) is 48.1 Å². The summed E-state index contributed by atoms with van der Waals surface area (Å²) in [5.41, 5.74) is 8.18. The molecular formula is C19H27N5. The standard InChI is InChI=1S/C19H27N5/c1-19(2,3)8-7-14-5-6-15-16(13-14)21-18(20)22-17(15)24-11-9-23(4)10-12-24/h5-8,13H,9-12H2,1-4H3,(H2,20,21,22)/b8-7+. The lowest BCUT2D eigenvalue weighted by atomic mass is 9.95. The summed E-state index contributed by atoms with van der Waals surface area (Å²) in [4.78, 5) is 13.6. The molecule has 0 atom stereocenters. The first-order valence-corrected chi connectivity index (χ1v) is 8.52. The molecule has 0 saturated carbocycles. The minimum atomic E-state index is 0.157. The first kappa shape index (κ1) is 16.7. The molecule has 0 bridgehead atoms. The molecule has 5 nitrogen and oxygen atoms in total. The van der Waals surface area contributed by atoms with Gasteiger partial charge in [0.1, 0.15) is 5.82 Å². The maximum Gasteiger partial charge on any atom is 0.222 e. The van der Waals surface area contributed by atoms with Gasteiger partial charge in [0, 0.05) is 31.6 Å². The second-order valence-corrected chi connectivity index (χ2v) is 7.67. The third kappa shape index (κ3) is 3.85. The quantitative estimate of drug-likeness (QED) is 0.920. The van der Waals surface area contributed by atoms with Crippen molar-refractivity contribution in [1.29, 1.82) is 0 Å². The molecule has 1 saturated heterocycles. The maximum absolute atomic E-state index is 5.97. The highest BCUT2D eigenvalue weighted by molar-refractivity contribution is 5.91. The van der Waals surface area contributed by atoms with Crippen molar-refractivity contribution in [3.8, 4) is 0 Å². The van der Waals surface area contributed by atoms with E-state index in [0.717, 1.165) is 48.5 Å². The Morgan fingerprint density at radius 3 is 2.46 bits per heavy atom. The van der Waals surface area contributed by atoms with Crippen LogP contribution in [0.5, 0.6) is 0 Å². The summed E-state index contributed by atoms with van der Waals surface area (Å²) in [6, 6.07) is 6.34. The van der Waals surface area contributed by atoms with Gasteiger partial charge in [-0.25, -0.2) is 4.98 Å². The van der Waals surface area contributed by atoms with E-state index in [9.17, 15) is 0 Å². The number of nitrogens with zero attached hydrogens (tertiary/aromatic N) is 4. The van der Waals surface area contributed by atoms with Crippen LogP contribution < -0.4 is 10.6 Å². The Morgan fingerprint density at radius 1 is 1.08 bits per heavy atom. The minimum Gasteiger partial charge on any atom is -0.368 e. The molecule has 0 aliphatic carbocycles. The van der Waals surface area contributed by atoms with Crippen LogP contribution in [0.1, 0.15) is 26.3 Å². The smallest absolute Gasteiger partial charge is 0.222 e. The molecule has 2 N–H and O–H groups in total. The molecule has 0 unspecified atom stereocenters. The van der Waals surface area contributed by atoms with Crippen molar-refractivity contribution in [2.75, 3.05) is 43.9 Å². The van der Waals surface area contributed by atoms with E-state index < -0.39 is 0 Å².